The molecular formula is C27H34N6. The zero-order valence-corrected chi connectivity index (χ0v) is 20.5. The lowest BCUT2D eigenvalue weighted by molar-refractivity contribution is 0.344. The quantitative estimate of drug-likeness (QED) is 0.393. The van der Waals surface area contributed by atoms with Gasteiger partial charge in [0.1, 0.15) is 6.33 Å². The summed E-state index contributed by atoms with van der Waals surface area (Å²) in [6.45, 7) is 14.4. The summed E-state index contributed by atoms with van der Waals surface area (Å²) >= 11 is 0. The second-order valence-electron chi connectivity index (χ2n) is 11.0. The molecule has 1 aliphatic rings. The van der Waals surface area contributed by atoms with Crippen LogP contribution in [-0.4, -0.2) is 31.3 Å². The first kappa shape index (κ1) is 21.8. The van der Waals surface area contributed by atoms with E-state index in [4.69, 9.17) is 5.10 Å². The fourth-order valence-electron chi connectivity index (χ4n) is 4.66. The molecule has 5 rings (SSSR count). The van der Waals surface area contributed by atoms with Crippen LogP contribution in [0.15, 0.2) is 42.9 Å². The Kier molecular flexibility index (Phi) is 5.16. The van der Waals surface area contributed by atoms with E-state index in [1.807, 2.05) is 10.7 Å². The third-order valence-corrected chi connectivity index (χ3v) is 6.65. The Morgan fingerprint density at radius 2 is 1.85 bits per heavy atom. The van der Waals surface area contributed by atoms with E-state index in [1.54, 1.807) is 6.33 Å². The van der Waals surface area contributed by atoms with Gasteiger partial charge in [0, 0.05) is 29.4 Å². The van der Waals surface area contributed by atoms with Crippen molar-refractivity contribution in [2.75, 3.05) is 6.54 Å². The number of aryl methyl sites for hydroxylation is 1. The number of nitrogens with one attached hydrogen (secondary N) is 2. The molecule has 33 heavy (non-hydrogen) atoms. The first-order chi connectivity index (χ1) is 15.7. The fraction of sp³-hybridized carbons (Fsp3) is 0.444. The van der Waals surface area contributed by atoms with Crippen molar-refractivity contribution in [2.45, 2.75) is 65.8 Å². The highest BCUT2D eigenvalue weighted by molar-refractivity contribution is 5.76. The average molecular weight is 443 g/mol. The molecule has 172 valence electrons. The third-order valence-electron chi connectivity index (χ3n) is 6.65. The fourth-order valence-corrected chi connectivity index (χ4v) is 4.66. The van der Waals surface area contributed by atoms with Gasteiger partial charge in [-0.15, -0.1) is 0 Å². The maximum atomic E-state index is 4.76. The van der Waals surface area contributed by atoms with Crippen LogP contribution in [0.4, 0.5) is 0 Å². The summed E-state index contributed by atoms with van der Waals surface area (Å²) in [6.07, 6.45) is 6.02. The van der Waals surface area contributed by atoms with Crippen LogP contribution in [0.2, 0.25) is 0 Å². The molecule has 0 aliphatic heterocycles. The van der Waals surface area contributed by atoms with Gasteiger partial charge in [-0.2, -0.15) is 10.2 Å². The Labute approximate surface area is 195 Å². The van der Waals surface area contributed by atoms with Crippen molar-refractivity contribution in [1.29, 1.82) is 0 Å². The smallest absolute Gasteiger partial charge is 0.158 e. The summed E-state index contributed by atoms with van der Waals surface area (Å²) in [4.78, 5) is 4.34. The van der Waals surface area contributed by atoms with Crippen molar-refractivity contribution in [1.82, 2.24) is 30.1 Å². The lowest BCUT2D eigenvalue weighted by Gasteiger charge is -2.25. The van der Waals surface area contributed by atoms with Crippen molar-refractivity contribution >= 4 is 5.65 Å². The van der Waals surface area contributed by atoms with Crippen LogP contribution in [-0.2, 0) is 5.54 Å². The number of pyridine rings is 1. The molecule has 3 aromatic heterocycles. The van der Waals surface area contributed by atoms with E-state index in [2.05, 4.69) is 92.4 Å². The minimum atomic E-state index is 0.149. The Morgan fingerprint density at radius 3 is 2.48 bits per heavy atom. The number of benzene rings is 1. The van der Waals surface area contributed by atoms with Crippen molar-refractivity contribution in [3.8, 4) is 22.5 Å². The Balaban J connectivity index is 1.48. The van der Waals surface area contributed by atoms with Gasteiger partial charge in [-0.1, -0.05) is 58.9 Å². The molecule has 6 nitrogen and oxygen atoms in total. The van der Waals surface area contributed by atoms with Gasteiger partial charge in [-0.3, -0.25) is 5.10 Å². The summed E-state index contributed by atoms with van der Waals surface area (Å²) < 4.78 is 1.83. The van der Waals surface area contributed by atoms with Gasteiger partial charge in [-0.05, 0) is 53.9 Å². The van der Waals surface area contributed by atoms with E-state index in [-0.39, 0.29) is 11.0 Å². The summed E-state index contributed by atoms with van der Waals surface area (Å²) in [5.41, 5.74) is 9.31. The highest BCUT2D eigenvalue weighted by Gasteiger charge is 2.44. The van der Waals surface area contributed by atoms with Crippen molar-refractivity contribution < 1.29 is 0 Å². The first-order valence-electron chi connectivity index (χ1n) is 11.9. The van der Waals surface area contributed by atoms with Gasteiger partial charge in [0.2, 0.25) is 0 Å². The van der Waals surface area contributed by atoms with Crippen LogP contribution in [0, 0.1) is 12.3 Å². The van der Waals surface area contributed by atoms with E-state index in [9.17, 15) is 0 Å². The number of aromatic amines is 1. The minimum Gasteiger partial charge on any atom is -0.307 e. The maximum Gasteiger partial charge on any atom is 0.158 e. The molecular weight excluding hydrogens is 408 g/mol. The van der Waals surface area contributed by atoms with Crippen LogP contribution in [0.5, 0.6) is 0 Å². The second-order valence-corrected chi connectivity index (χ2v) is 11.0. The highest BCUT2D eigenvalue weighted by Crippen LogP contribution is 2.46. The van der Waals surface area contributed by atoms with Crippen LogP contribution in [0.3, 0.4) is 0 Å². The summed E-state index contributed by atoms with van der Waals surface area (Å²) in [5, 5.41) is 16.3. The Hall–Kier alpha value is -2.99. The normalized spacial score (nSPS) is 15.5. The molecule has 1 aliphatic carbocycles. The average Bonchev–Trinajstić information content (AvgIpc) is 3.18. The number of rotatable bonds is 6. The number of hydrogen-bond donors (Lipinski definition) is 2. The molecule has 1 saturated carbocycles. The zero-order valence-electron chi connectivity index (χ0n) is 20.5. The SMILES string of the molecule is Cc1cc(-c2n[nH]c(-c3ccc(C4(NCC(C)(C)C)CC4)cc3)c2C(C)C)cn2ncnc12. The van der Waals surface area contributed by atoms with Crippen LogP contribution >= 0.6 is 0 Å². The molecule has 0 amide bonds. The lowest BCUT2D eigenvalue weighted by atomic mass is 9.92. The third kappa shape index (κ3) is 4.08. The number of hydrogen-bond acceptors (Lipinski definition) is 4. The van der Waals surface area contributed by atoms with Crippen molar-refractivity contribution in [2.24, 2.45) is 5.41 Å². The van der Waals surface area contributed by atoms with Crippen molar-refractivity contribution in [3.05, 3.63) is 59.5 Å². The number of H-pyrrole nitrogens is 1. The molecule has 0 bridgehead atoms. The summed E-state index contributed by atoms with van der Waals surface area (Å²) in [5.74, 6) is 0.323. The predicted octanol–water partition coefficient (Wildman–Crippen LogP) is 5.84. The standard InChI is InChI=1S/C27H34N6/c1-17(2)22-23(31-32-24(22)20-13-18(3)25-28-16-30-33(25)14-20)19-7-9-21(10-8-19)27(11-12-27)29-15-26(4,5)6/h7-10,13-14,16-17,29H,11-12,15H2,1-6H3,(H,31,32). The molecule has 4 aromatic rings. The van der Waals surface area contributed by atoms with Gasteiger partial charge >= 0.3 is 0 Å². The van der Waals surface area contributed by atoms with Crippen molar-refractivity contribution in [3.63, 3.8) is 0 Å². The molecule has 0 atom stereocenters. The maximum absolute atomic E-state index is 4.76. The molecule has 3 heterocycles. The Morgan fingerprint density at radius 1 is 1.12 bits per heavy atom. The molecule has 0 radical (unpaired) electrons. The van der Waals surface area contributed by atoms with Gasteiger partial charge < -0.3 is 5.32 Å². The molecule has 6 heteroatoms. The van der Waals surface area contributed by atoms with Gasteiger partial charge in [0.15, 0.2) is 5.65 Å². The van der Waals surface area contributed by atoms with E-state index in [0.29, 0.717) is 5.92 Å². The molecule has 2 N–H and O–H groups in total. The van der Waals surface area contributed by atoms with E-state index in [1.165, 1.54) is 29.5 Å². The zero-order chi connectivity index (χ0) is 23.4. The lowest BCUT2D eigenvalue weighted by Crippen LogP contribution is -2.35. The van der Waals surface area contributed by atoms with E-state index < -0.39 is 0 Å². The summed E-state index contributed by atoms with van der Waals surface area (Å²) in [7, 11) is 0. The monoisotopic (exact) mass is 442 g/mol. The minimum absolute atomic E-state index is 0.149. The molecule has 0 unspecified atom stereocenters. The van der Waals surface area contributed by atoms with E-state index in [0.717, 1.165) is 34.7 Å². The number of aromatic nitrogens is 5. The number of nitrogens with zero attached hydrogens (tertiary/aromatic N) is 4. The molecule has 1 aromatic carbocycles. The first-order valence-corrected chi connectivity index (χ1v) is 11.9. The van der Waals surface area contributed by atoms with Crippen LogP contribution < -0.4 is 5.32 Å². The van der Waals surface area contributed by atoms with Gasteiger partial charge in [-0.25, -0.2) is 9.50 Å². The van der Waals surface area contributed by atoms with Crippen LogP contribution in [0.25, 0.3) is 28.2 Å². The predicted molar refractivity (Wildman–Crippen MR) is 133 cm³/mol. The van der Waals surface area contributed by atoms with Gasteiger partial charge in [0.25, 0.3) is 0 Å². The molecule has 1 fully saturated rings. The van der Waals surface area contributed by atoms with Gasteiger partial charge in [0.05, 0.1) is 11.4 Å². The molecule has 0 spiro atoms. The Bertz CT molecular complexity index is 1280. The topological polar surface area (TPSA) is 70.9 Å². The van der Waals surface area contributed by atoms with E-state index >= 15 is 0 Å². The van der Waals surface area contributed by atoms with Crippen LogP contribution in [0.1, 0.15) is 70.1 Å². The summed E-state index contributed by atoms with van der Waals surface area (Å²) in [6, 6.07) is 11.2. The highest BCUT2D eigenvalue weighted by atomic mass is 15.3. The second kappa shape index (κ2) is 7.80. The molecule has 0 saturated heterocycles. The largest absolute Gasteiger partial charge is 0.307 e. The number of fused-ring (bicyclic) bond motifs is 1.